The lowest BCUT2D eigenvalue weighted by Gasteiger charge is -2.43. The van der Waals surface area contributed by atoms with Gasteiger partial charge in [0.2, 0.25) is 5.88 Å². The lowest BCUT2D eigenvalue weighted by Crippen LogP contribution is -2.52. The first-order valence-corrected chi connectivity index (χ1v) is 14.6. The number of hydrogen-bond donors (Lipinski definition) is 3. The molecule has 1 amide bonds. The summed E-state index contributed by atoms with van der Waals surface area (Å²) in [4.78, 5) is 29.1. The van der Waals surface area contributed by atoms with Crippen molar-refractivity contribution in [2.75, 3.05) is 68.9 Å². The van der Waals surface area contributed by atoms with Crippen LogP contribution in [0.3, 0.4) is 0 Å². The number of likely N-dealkylation sites (N-methyl/N-ethyl adjacent to an activating group) is 1. The van der Waals surface area contributed by atoms with Gasteiger partial charge in [-0.2, -0.15) is 4.98 Å². The molecule has 0 atom stereocenters. The van der Waals surface area contributed by atoms with Crippen LogP contribution in [0.2, 0.25) is 0 Å². The summed E-state index contributed by atoms with van der Waals surface area (Å²) in [5.74, 6) is 0.588. The molecular weight excluding hydrogens is 516 g/mol. The molecule has 0 unspecified atom stereocenters. The van der Waals surface area contributed by atoms with Crippen molar-refractivity contribution in [3.63, 3.8) is 0 Å². The smallest absolute Gasteiger partial charge is 0.271 e. The normalized spacial score (nSPS) is 16.9. The summed E-state index contributed by atoms with van der Waals surface area (Å²) < 4.78 is 6.12. The minimum Gasteiger partial charge on any atom is -0.437 e. The third kappa shape index (κ3) is 6.71. The minimum absolute atomic E-state index is 0.0888. The highest BCUT2D eigenvalue weighted by atomic mass is 16.5. The van der Waals surface area contributed by atoms with Crippen LogP contribution in [0.4, 0.5) is 22.9 Å². The number of carbonyl (C=O) groups is 1. The predicted molar refractivity (Wildman–Crippen MR) is 165 cm³/mol. The van der Waals surface area contributed by atoms with Gasteiger partial charge in [-0.25, -0.2) is 4.98 Å². The quantitative estimate of drug-likeness (QED) is 0.355. The molecule has 4 N–H and O–H groups in total. The number of ether oxygens (including phenoxy) is 1. The summed E-state index contributed by atoms with van der Waals surface area (Å²) in [5, 5.41) is 6.39. The van der Waals surface area contributed by atoms with E-state index in [2.05, 4.69) is 61.4 Å². The maximum Gasteiger partial charge on any atom is 0.271 e. The summed E-state index contributed by atoms with van der Waals surface area (Å²) in [6.45, 7) is 10.8. The second-order valence-electron chi connectivity index (χ2n) is 11.0. The first-order valence-electron chi connectivity index (χ1n) is 14.6. The molecule has 3 heterocycles. The van der Waals surface area contributed by atoms with Gasteiger partial charge >= 0.3 is 0 Å². The molecule has 2 saturated heterocycles. The maximum absolute atomic E-state index is 12.3. The number of aryl methyl sites for hydroxylation is 2. The van der Waals surface area contributed by atoms with Crippen LogP contribution >= 0.6 is 0 Å². The van der Waals surface area contributed by atoms with Gasteiger partial charge in [0, 0.05) is 75.5 Å². The van der Waals surface area contributed by atoms with E-state index in [4.69, 9.17) is 10.5 Å². The number of nitrogens with one attached hydrogen (secondary N) is 2. The second-order valence-corrected chi connectivity index (χ2v) is 11.0. The van der Waals surface area contributed by atoms with Gasteiger partial charge in [0.25, 0.3) is 5.91 Å². The van der Waals surface area contributed by atoms with E-state index in [0.29, 0.717) is 29.8 Å². The van der Waals surface area contributed by atoms with Crippen molar-refractivity contribution in [2.45, 2.75) is 39.2 Å². The number of primary amides is 1. The Bertz CT molecular complexity index is 1360. The molecule has 5 rings (SSSR count). The van der Waals surface area contributed by atoms with Gasteiger partial charge in [0.05, 0.1) is 0 Å². The number of aromatic nitrogens is 2. The molecule has 2 aromatic carbocycles. The summed E-state index contributed by atoms with van der Waals surface area (Å²) in [6.07, 6.45) is 2.91. The number of nitrogens with zero attached hydrogens (tertiary/aromatic N) is 5. The van der Waals surface area contributed by atoms with Crippen LogP contribution in [-0.2, 0) is 6.42 Å². The number of piperidine rings is 1. The lowest BCUT2D eigenvalue weighted by atomic mass is 10.0. The van der Waals surface area contributed by atoms with Crippen molar-refractivity contribution < 1.29 is 9.53 Å². The number of anilines is 4. The molecule has 2 fully saturated rings. The Labute approximate surface area is 242 Å². The Morgan fingerprint density at radius 2 is 1.78 bits per heavy atom. The molecule has 0 radical (unpaired) electrons. The van der Waals surface area contributed by atoms with E-state index >= 15 is 0 Å². The van der Waals surface area contributed by atoms with Crippen LogP contribution in [0.25, 0.3) is 0 Å². The van der Waals surface area contributed by atoms with Gasteiger partial charge in [0.1, 0.15) is 11.4 Å². The predicted octanol–water partition coefficient (Wildman–Crippen LogP) is 4.24. The number of amides is 1. The van der Waals surface area contributed by atoms with E-state index < -0.39 is 5.91 Å². The molecule has 10 heteroatoms. The summed E-state index contributed by atoms with van der Waals surface area (Å²) in [7, 11) is 4.06. The maximum atomic E-state index is 12.3. The molecule has 3 aromatic rings. The van der Waals surface area contributed by atoms with Crippen LogP contribution in [0.1, 0.15) is 41.5 Å². The molecule has 2 aliphatic rings. The molecule has 218 valence electrons. The summed E-state index contributed by atoms with van der Waals surface area (Å²) in [6, 6.07) is 14.5. The molecule has 0 aliphatic carbocycles. The summed E-state index contributed by atoms with van der Waals surface area (Å²) in [5.41, 5.74) is 10.5. The Kier molecular flexibility index (Phi) is 8.90. The van der Waals surface area contributed by atoms with Gasteiger partial charge in [0.15, 0.2) is 11.5 Å². The molecule has 0 saturated carbocycles. The van der Waals surface area contributed by atoms with Crippen molar-refractivity contribution in [1.29, 1.82) is 0 Å². The van der Waals surface area contributed by atoms with Crippen molar-refractivity contribution in [3.8, 4) is 11.6 Å². The first-order chi connectivity index (χ1) is 19.8. The lowest BCUT2D eigenvalue weighted by molar-refractivity contribution is 0.0982. The molecular formula is C31H42N8O2. The topological polar surface area (TPSA) is 112 Å². The van der Waals surface area contributed by atoms with Crippen molar-refractivity contribution in [3.05, 3.63) is 59.4 Å². The largest absolute Gasteiger partial charge is 0.437 e. The van der Waals surface area contributed by atoms with E-state index in [1.807, 2.05) is 44.3 Å². The Morgan fingerprint density at radius 3 is 2.44 bits per heavy atom. The monoisotopic (exact) mass is 558 g/mol. The molecule has 0 spiro atoms. The van der Waals surface area contributed by atoms with Gasteiger partial charge < -0.3 is 30.9 Å². The highest BCUT2D eigenvalue weighted by Crippen LogP contribution is 2.32. The van der Waals surface area contributed by atoms with Crippen LogP contribution < -0.4 is 26.0 Å². The SMILES string of the molecule is CCc1nc(C(N)=O)c(Nc2ccc(N3CCC(N4CCN(C)CC4)CC3)c(C)c2)nc1Oc1cccc(NC)c1. The Balaban J connectivity index is 1.31. The second kappa shape index (κ2) is 12.7. The van der Waals surface area contributed by atoms with Crippen molar-refractivity contribution in [1.82, 2.24) is 19.8 Å². The third-order valence-corrected chi connectivity index (χ3v) is 8.16. The zero-order valence-corrected chi connectivity index (χ0v) is 24.6. The number of hydrogen-bond acceptors (Lipinski definition) is 9. The van der Waals surface area contributed by atoms with E-state index in [1.165, 1.54) is 31.6 Å². The first kappa shape index (κ1) is 28.6. The van der Waals surface area contributed by atoms with Crippen molar-refractivity contribution in [2.24, 2.45) is 5.73 Å². The van der Waals surface area contributed by atoms with Gasteiger partial charge in [-0.15, -0.1) is 0 Å². The Hall–Kier alpha value is -3.89. The fraction of sp³-hybridized carbons (Fsp3) is 0.452. The van der Waals surface area contributed by atoms with Crippen LogP contribution in [0.15, 0.2) is 42.5 Å². The number of rotatable bonds is 9. The van der Waals surface area contributed by atoms with E-state index in [0.717, 1.165) is 43.1 Å². The zero-order valence-electron chi connectivity index (χ0n) is 24.6. The average molecular weight is 559 g/mol. The number of carbonyl (C=O) groups excluding carboxylic acids is 1. The zero-order chi connectivity index (χ0) is 28.9. The van der Waals surface area contributed by atoms with E-state index in [1.54, 1.807) is 0 Å². The van der Waals surface area contributed by atoms with Gasteiger partial charge in [-0.3, -0.25) is 9.69 Å². The fourth-order valence-electron chi connectivity index (χ4n) is 5.74. The molecule has 0 bridgehead atoms. The average Bonchev–Trinajstić information content (AvgIpc) is 2.98. The third-order valence-electron chi connectivity index (χ3n) is 8.16. The molecule has 10 nitrogen and oxygen atoms in total. The number of nitrogens with two attached hydrogens (primary N) is 1. The number of benzene rings is 2. The Morgan fingerprint density at radius 1 is 1.02 bits per heavy atom. The fourth-order valence-corrected chi connectivity index (χ4v) is 5.74. The minimum atomic E-state index is -0.644. The van der Waals surface area contributed by atoms with Crippen LogP contribution in [0, 0.1) is 6.92 Å². The molecule has 1 aromatic heterocycles. The van der Waals surface area contributed by atoms with Crippen molar-refractivity contribution >= 4 is 28.8 Å². The molecule has 41 heavy (non-hydrogen) atoms. The highest BCUT2D eigenvalue weighted by molar-refractivity contribution is 5.96. The van der Waals surface area contributed by atoms with Crippen LogP contribution in [-0.4, -0.2) is 85.1 Å². The van der Waals surface area contributed by atoms with Gasteiger partial charge in [-0.1, -0.05) is 13.0 Å². The number of piperazine rings is 1. The standard InChI is InChI=1S/C31H42N8O2/c1-5-26-31(41-25-8-6-7-22(20-25)33-3)36-30(28(35-26)29(32)40)34-23-9-10-27(21(2)19-23)39-13-11-24(12-14-39)38-17-15-37(4)16-18-38/h6-10,19-20,24,33H,5,11-18H2,1-4H3,(H2,32,40)(H,34,36). The molecule has 2 aliphatic heterocycles. The highest BCUT2D eigenvalue weighted by Gasteiger charge is 2.27. The summed E-state index contributed by atoms with van der Waals surface area (Å²) >= 11 is 0. The van der Waals surface area contributed by atoms with E-state index in [-0.39, 0.29) is 11.5 Å². The van der Waals surface area contributed by atoms with Crippen LogP contribution in [0.5, 0.6) is 11.6 Å². The van der Waals surface area contributed by atoms with E-state index in [9.17, 15) is 4.79 Å². The van der Waals surface area contributed by atoms with Gasteiger partial charge in [-0.05, 0) is 69.1 Å².